The van der Waals surface area contributed by atoms with E-state index in [1.807, 2.05) is 91.0 Å². The Bertz CT molecular complexity index is 3760. The molecule has 0 bridgehead atoms. The Morgan fingerprint density at radius 2 is 0.830 bits per heavy atom. The highest BCUT2D eigenvalue weighted by molar-refractivity contribution is 9.10. The highest BCUT2D eigenvalue weighted by Crippen LogP contribution is 2.55. The predicted octanol–water partition coefficient (Wildman–Crippen LogP) is 8.03. The molecule has 6 atom stereocenters. The molecular formula is C63H62BBrN12O11. The van der Waals surface area contributed by atoms with Crippen LogP contribution in [0.5, 0.6) is 17.2 Å². The summed E-state index contributed by atoms with van der Waals surface area (Å²) >= 11 is 3.50. The first kappa shape index (κ1) is 59.6. The zero-order valence-corrected chi connectivity index (χ0v) is 50.0. The van der Waals surface area contributed by atoms with Crippen molar-refractivity contribution in [2.45, 2.75) is 72.5 Å². The monoisotopic (exact) mass is 1250 g/mol. The maximum absolute atomic E-state index is 8.70. The van der Waals surface area contributed by atoms with Crippen molar-refractivity contribution in [1.29, 1.82) is 0 Å². The van der Waals surface area contributed by atoms with Gasteiger partial charge in [0.2, 0.25) is 35.1 Å². The van der Waals surface area contributed by atoms with Crippen LogP contribution in [-0.4, -0.2) is 128 Å². The number of fused-ring (bicyclic) bond motifs is 6. The van der Waals surface area contributed by atoms with Crippen LogP contribution in [0.2, 0.25) is 0 Å². The Kier molecular flexibility index (Phi) is 15.8. The summed E-state index contributed by atoms with van der Waals surface area (Å²) in [5.74, 6) is 3.28. The molecule has 9 aliphatic rings. The van der Waals surface area contributed by atoms with Crippen LogP contribution in [0.15, 0.2) is 147 Å². The van der Waals surface area contributed by atoms with E-state index in [4.69, 9.17) is 99.9 Å². The molecule has 0 amide bonds. The van der Waals surface area contributed by atoms with Crippen molar-refractivity contribution in [2.75, 3.05) is 60.8 Å². The van der Waals surface area contributed by atoms with Gasteiger partial charge in [-0.1, -0.05) is 88.7 Å². The number of nitrogens with two attached hydrogens (primary N) is 3. The van der Waals surface area contributed by atoms with Gasteiger partial charge in [-0.25, -0.2) is 59.2 Å². The lowest BCUT2D eigenvalue weighted by atomic mass is 9.80. The SMILES string of the molecule is CN1OC2(CC3(CCOC3)Oc3ccc(Br)cc32)N=C1N.[C-]#[N+]c1cccc(-c2ccc3c(c2)[C@]2(C[C@@]4(CCOC4)O3)N=C(N)N(C)O2)c1.[C-]#[N+]c1cccc(-c2ccc3c(c2)[C@]2(C[C@]4(CCOC4)O3)N=C(N)N(C)O2)c1.[C-]#[N+]c1cccc(B(O)O)c1. The Balaban J connectivity index is 0.000000119. The van der Waals surface area contributed by atoms with Crippen LogP contribution in [0.25, 0.3) is 36.8 Å². The lowest BCUT2D eigenvalue weighted by Gasteiger charge is -2.42. The maximum atomic E-state index is 8.70. The van der Waals surface area contributed by atoms with E-state index < -0.39 is 41.1 Å². The first-order chi connectivity index (χ1) is 42.3. The van der Waals surface area contributed by atoms with Gasteiger partial charge in [-0.2, -0.15) is 0 Å². The van der Waals surface area contributed by atoms with Crippen molar-refractivity contribution in [3.8, 4) is 39.5 Å². The van der Waals surface area contributed by atoms with E-state index in [1.165, 1.54) is 21.3 Å². The van der Waals surface area contributed by atoms with Crippen LogP contribution in [0.4, 0.5) is 17.1 Å². The highest BCUT2D eigenvalue weighted by Gasteiger charge is 2.59. The summed E-state index contributed by atoms with van der Waals surface area (Å²) in [6, 6.07) is 39.1. The van der Waals surface area contributed by atoms with Crippen molar-refractivity contribution in [2.24, 2.45) is 32.2 Å². The molecule has 88 heavy (non-hydrogen) atoms. The molecule has 0 aliphatic carbocycles. The number of hydrogen-bond acceptors (Lipinski definition) is 20. The minimum Gasteiger partial charge on any atom is -0.484 e. The summed E-state index contributed by atoms with van der Waals surface area (Å²) < 4.78 is 36.8. The smallest absolute Gasteiger partial charge is 0.484 e. The van der Waals surface area contributed by atoms with Crippen molar-refractivity contribution in [3.63, 3.8) is 0 Å². The number of nitrogens with zero attached hydrogens (tertiary/aromatic N) is 9. The van der Waals surface area contributed by atoms with Crippen molar-refractivity contribution in [1.82, 2.24) is 15.2 Å². The summed E-state index contributed by atoms with van der Waals surface area (Å²) in [6.45, 7) is 24.7. The normalized spacial score (nSPS) is 27.2. The molecule has 25 heteroatoms. The van der Waals surface area contributed by atoms with Gasteiger partial charge in [0.15, 0.2) is 17.1 Å². The Morgan fingerprint density at radius 3 is 1.17 bits per heavy atom. The predicted molar refractivity (Wildman–Crippen MR) is 330 cm³/mol. The zero-order chi connectivity index (χ0) is 61.6. The summed E-state index contributed by atoms with van der Waals surface area (Å²) in [7, 11) is 3.78. The van der Waals surface area contributed by atoms with E-state index in [2.05, 4.69) is 35.5 Å². The van der Waals surface area contributed by atoms with Crippen molar-refractivity contribution < 1.29 is 53.0 Å². The third-order valence-electron chi connectivity index (χ3n) is 16.7. The molecule has 0 aromatic heterocycles. The molecule has 6 aromatic carbocycles. The molecule has 3 fully saturated rings. The second-order valence-electron chi connectivity index (χ2n) is 22.8. The van der Waals surface area contributed by atoms with Gasteiger partial charge >= 0.3 is 7.12 Å². The second kappa shape index (κ2) is 23.4. The average molecular weight is 1250 g/mol. The lowest BCUT2D eigenvalue weighted by Crippen LogP contribution is -2.49. The molecule has 0 saturated carbocycles. The molecule has 0 radical (unpaired) electrons. The first-order valence-corrected chi connectivity index (χ1v) is 29.1. The highest BCUT2D eigenvalue weighted by atomic mass is 79.9. The Hall–Kier alpha value is -8.78. The van der Waals surface area contributed by atoms with E-state index in [-0.39, 0.29) is 0 Å². The quantitative estimate of drug-likeness (QED) is 0.0829. The van der Waals surface area contributed by atoms with Gasteiger partial charge in [-0.15, -0.1) is 0 Å². The molecule has 2 unspecified atom stereocenters. The number of benzene rings is 6. The Morgan fingerprint density at radius 1 is 0.477 bits per heavy atom. The first-order valence-electron chi connectivity index (χ1n) is 28.3. The third-order valence-corrected chi connectivity index (χ3v) is 17.2. The maximum Gasteiger partial charge on any atom is 0.487 e. The zero-order valence-electron chi connectivity index (χ0n) is 48.4. The van der Waals surface area contributed by atoms with Crippen LogP contribution in [0.1, 0.15) is 55.2 Å². The summed E-state index contributed by atoms with van der Waals surface area (Å²) in [4.78, 5) is 42.6. The molecule has 8 N–H and O–H groups in total. The minimum atomic E-state index is -1.49. The molecule has 3 saturated heterocycles. The van der Waals surface area contributed by atoms with Gasteiger partial charge in [-0.05, 0) is 82.3 Å². The fourth-order valence-electron chi connectivity index (χ4n) is 12.4. The van der Waals surface area contributed by atoms with E-state index >= 15 is 0 Å². The number of halogens is 1. The molecule has 9 heterocycles. The number of hydrogen-bond donors (Lipinski definition) is 5. The standard InChI is InChI=1S/2C21H20N4O3.C14H16BrN3O3.C7H6BNO2/c2*1-23-16-5-3-4-14(10-16)15-6-7-18-17(11-15)21(24-19(22)25(2)28-21)12-20(27-18)8-9-26-13-20;1-18-12(16)17-14(21-18)7-13(4-5-19-8-13)20-11-3-2-9(15)6-10(11)14;1-9-7-4-2-3-6(5-7)8(10)11/h2*3-7,10-11H,8-9,12-13H2,2H3,(H2,22,24);2-3,6H,4-5,7-8H2,1H3,(H2,16,17);2-5,10-11H/t20-,21+;20-,21-;;/m01../s1. The van der Waals surface area contributed by atoms with E-state index in [9.17, 15) is 0 Å². The lowest BCUT2D eigenvalue weighted by molar-refractivity contribution is -0.204. The van der Waals surface area contributed by atoms with Gasteiger partial charge in [-0.3, -0.25) is 0 Å². The van der Waals surface area contributed by atoms with E-state index in [0.717, 1.165) is 79.9 Å². The number of rotatable bonds is 3. The fourth-order valence-corrected chi connectivity index (χ4v) is 12.8. The summed E-state index contributed by atoms with van der Waals surface area (Å²) in [6.07, 6.45) is 4.05. The number of ether oxygens (including phenoxy) is 6. The van der Waals surface area contributed by atoms with Crippen LogP contribution in [0, 0.1) is 19.7 Å². The van der Waals surface area contributed by atoms with Crippen molar-refractivity contribution >= 4 is 63.5 Å². The molecule has 23 nitrogen and oxygen atoms in total. The van der Waals surface area contributed by atoms with Crippen molar-refractivity contribution in [3.05, 3.63) is 183 Å². The van der Waals surface area contributed by atoms with E-state index in [0.29, 0.717) is 99.3 Å². The summed E-state index contributed by atoms with van der Waals surface area (Å²) in [5.41, 5.74) is 22.4. The summed E-state index contributed by atoms with van der Waals surface area (Å²) in [5, 5.41) is 21.9. The number of hydroxylamine groups is 6. The van der Waals surface area contributed by atoms with Crippen LogP contribution in [0.3, 0.4) is 0 Å². The molecule has 6 aromatic rings. The largest absolute Gasteiger partial charge is 0.487 e. The number of guanidine groups is 3. The molecule has 6 spiro atoms. The van der Waals surface area contributed by atoms with Gasteiger partial charge < -0.3 is 55.7 Å². The van der Waals surface area contributed by atoms with Gasteiger partial charge in [0, 0.05) is 64.1 Å². The van der Waals surface area contributed by atoms with Gasteiger partial charge in [0.25, 0.3) is 0 Å². The molecule has 450 valence electrons. The van der Waals surface area contributed by atoms with E-state index in [1.54, 1.807) is 51.5 Å². The molecular weight excluding hydrogens is 1190 g/mol. The third kappa shape index (κ3) is 11.4. The second-order valence-corrected chi connectivity index (χ2v) is 23.7. The van der Waals surface area contributed by atoms with Crippen LogP contribution < -0.4 is 36.9 Å². The average Bonchev–Trinajstić information content (AvgIpc) is 1.25. The topological polar surface area (TPSA) is 261 Å². The molecule has 9 aliphatic heterocycles. The fraction of sp³-hybridized carbons (Fsp3) is 0.333. The molecule has 15 rings (SSSR count). The van der Waals surface area contributed by atoms with Crippen LogP contribution in [-0.2, 0) is 45.9 Å². The van der Waals surface area contributed by atoms with Gasteiger partial charge in [0.05, 0.1) is 76.0 Å². The van der Waals surface area contributed by atoms with Gasteiger partial charge in [0.1, 0.15) is 34.1 Å². The minimum absolute atomic E-state index is 0.335. The van der Waals surface area contributed by atoms with Crippen LogP contribution >= 0.6 is 15.9 Å². The Labute approximate surface area is 517 Å². The number of aliphatic imine (C=N–C) groups is 3.